The summed E-state index contributed by atoms with van der Waals surface area (Å²) in [5, 5.41) is 11.8. The van der Waals surface area contributed by atoms with Crippen LogP contribution in [-0.4, -0.2) is 12.2 Å². The number of aliphatic hydroxyl groups excluding tert-OH is 1. The van der Waals surface area contributed by atoms with Crippen LogP contribution in [0.5, 0.6) is 0 Å². The number of hydrogen-bond donors (Lipinski definition) is 2. The van der Waals surface area contributed by atoms with Crippen LogP contribution in [0, 0.1) is 11.6 Å². The third-order valence-electron chi connectivity index (χ3n) is 3.18. The molecule has 2 aromatic rings. The summed E-state index contributed by atoms with van der Waals surface area (Å²) < 4.78 is 65.3. The minimum atomic E-state index is -4.58. The molecule has 118 valence electrons. The average Bonchev–Trinajstić information content (AvgIpc) is 2.48. The fraction of sp³-hybridized carbons (Fsp3) is 0.200. The zero-order valence-corrected chi connectivity index (χ0v) is 11.4. The van der Waals surface area contributed by atoms with Crippen molar-refractivity contribution in [3.63, 3.8) is 0 Å². The van der Waals surface area contributed by atoms with Gasteiger partial charge in [0, 0.05) is 12.7 Å². The molecule has 2 N–H and O–H groups in total. The van der Waals surface area contributed by atoms with Crippen LogP contribution in [0.1, 0.15) is 11.1 Å². The Morgan fingerprint density at radius 3 is 2.18 bits per heavy atom. The molecule has 0 aromatic heterocycles. The van der Waals surface area contributed by atoms with Crippen LogP contribution in [-0.2, 0) is 12.8 Å². The molecule has 0 unspecified atom stereocenters. The third kappa shape index (κ3) is 3.19. The topological polar surface area (TPSA) is 32.3 Å². The van der Waals surface area contributed by atoms with E-state index in [2.05, 4.69) is 5.32 Å². The molecule has 2 rings (SSSR count). The average molecular weight is 317 g/mol. The van der Waals surface area contributed by atoms with Gasteiger partial charge in [0.25, 0.3) is 0 Å². The van der Waals surface area contributed by atoms with Gasteiger partial charge in [0.15, 0.2) is 11.6 Å². The monoisotopic (exact) mass is 317 g/mol. The molecule has 0 atom stereocenters. The molecule has 0 amide bonds. The first-order chi connectivity index (χ1) is 10.3. The van der Waals surface area contributed by atoms with E-state index < -0.39 is 30.0 Å². The third-order valence-corrected chi connectivity index (χ3v) is 3.18. The number of hydrogen-bond acceptors (Lipinski definition) is 2. The molecule has 7 heteroatoms. The Labute approximate surface area is 123 Å². The van der Waals surface area contributed by atoms with Crippen LogP contribution in [0.3, 0.4) is 0 Å². The van der Waals surface area contributed by atoms with E-state index in [1.165, 1.54) is 13.1 Å². The lowest BCUT2D eigenvalue weighted by Crippen LogP contribution is -2.06. The van der Waals surface area contributed by atoms with E-state index in [0.29, 0.717) is 0 Å². The van der Waals surface area contributed by atoms with E-state index in [4.69, 9.17) is 0 Å². The van der Waals surface area contributed by atoms with E-state index in [9.17, 15) is 27.1 Å². The number of nitrogens with one attached hydrogen (secondary N) is 1. The van der Waals surface area contributed by atoms with Crippen molar-refractivity contribution in [1.29, 1.82) is 0 Å². The Morgan fingerprint density at radius 1 is 1.00 bits per heavy atom. The van der Waals surface area contributed by atoms with Crippen molar-refractivity contribution in [2.75, 3.05) is 12.4 Å². The molecule has 2 aromatic carbocycles. The standard InChI is InChI=1S/C15H12F5NO/c1-21-11-3-8(2-10(5-11)15(18,19)20)12-6-14(17)13(16)4-9(12)7-22/h2-6,21-22H,7H2,1H3. The van der Waals surface area contributed by atoms with Gasteiger partial charge in [-0.3, -0.25) is 0 Å². The van der Waals surface area contributed by atoms with Crippen LogP contribution in [0.25, 0.3) is 11.1 Å². The summed E-state index contributed by atoms with van der Waals surface area (Å²) in [7, 11) is 1.44. The van der Waals surface area contributed by atoms with Gasteiger partial charge in [-0.05, 0) is 47.0 Å². The van der Waals surface area contributed by atoms with Crippen molar-refractivity contribution in [2.24, 2.45) is 0 Å². The molecule has 0 aliphatic rings. The van der Waals surface area contributed by atoms with Crippen LogP contribution >= 0.6 is 0 Å². The van der Waals surface area contributed by atoms with Gasteiger partial charge in [-0.25, -0.2) is 8.78 Å². The van der Waals surface area contributed by atoms with E-state index in [1.807, 2.05) is 0 Å². The maximum atomic E-state index is 13.4. The molecule has 0 saturated heterocycles. The van der Waals surface area contributed by atoms with Gasteiger partial charge in [-0.15, -0.1) is 0 Å². The predicted octanol–water partition coefficient (Wildman–Crippen LogP) is 4.18. The summed E-state index contributed by atoms with van der Waals surface area (Å²) in [5.41, 5.74) is -0.729. The number of aliphatic hydroxyl groups is 1. The molecule has 0 radical (unpaired) electrons. The van der Waals surface area contributed by atoms with Gasteiger partial charge in [-0.1, -0.05) is 0 Å². The quantitative estimate of drug-likeness (QED) is 0.832. The van der Waals surface area contributed by atoms with E-state index in [-0.39, 0.29) is 22.4 Å². The first kappa shape index (κ1) is 16.2. The second-order valence-corrected chi connectivity index (χ2v) is 4.63. The number of anilines is 1. The molecule has 22 heavy (non-hydrogen) atoms. The van der Waals surface area contributed by atoms with Crippen molar-refractivity contribution in [1.82, 2.24) is 0 Å². The minimum Gasteiger partial charge on any atom is -0.392 e. The van der Waals surface area contributed by atoms with E-state index in [1.54, 1.807) is 0 Å². The van der Waals surface area contributed by atoms with Gasteiger partial charge in [0.2, 0.25) is 0 Å². The van der Waals surface area contributed by atoms with Crippen LogP contribution < -0.4 is 5.32 Å². The zero-order chi connectivity index (χ0) is 16.5. The summed E-state index contributed by atoms with van der Waals surface area (Å²) in [6, 6.07) is 4.63. The van der Waals surface area contributed by atoms with Crippen LogP contribution in [0.2, 0.25) is 0 Å². The number of alkyl halides is 3. The number of benzene rings is 2. The molecular formula is C15H12F5NO. The summed E-state index contributed by atoms with van der Waals surface area (Å²) in [5.74, 6) is -2.37. The summed E-state index contributed by atoms with van der Waals surface area (Å²) in [6.07, 6.45) is -4.58. The van der Waals surface area contributed by atoms with Gasteiger partial charge >= 0.3 is 6.18 Å². The maximum absolute atomic E-state index is 13.4. The fourth-order valence-electron chi connectivity index (χ4n) is 2.08. The minimum absolute atomic E-state index is 0.000257. The van der Waals surface area contributed by atoms with Crippen molar-refractivity contribution in [2.45, 2.75) is 12.8 Å². The Kier molecular flexibility index (Phi) is 4.37. The van der Waals surface area contributed by atoms with E-state index in [0.717, 1.165) is 24.3 Å². The molecule has 0 spiro atoms. The van der Waals surface area contributed by atoms with Crippen molar-refractivity contribution < 1.29 is 27.1 Å². The Bertz CT molecular complexity index is 697. The maximum Gasteiger partial charge on any atom is 0.416 e. The summed E-state index contributed by atoms with van der Waals surface area (Å²) in [6.45, 7) is -0.627. The Hall–Kier alpha value is -2.15. The van der Waals surface area contributed by atoms with E-state index >= 15 is 0 Å². The highest BCUT2D eigenvalue weighted by atomic mass is 19.4. The lowest BCUT2D eigenvalue weighted by Gasteiger charge is -2.14. The highest BCUT2D eigenvalue weighted by Gasteiger charge is 2.31. The molecular weight excluding hydrogens is 305 g/mol. The SMILES string of the molecule is CNc1cc(-c2cc(F)c(F)cc2CO)cc(C(F)(F)F)c1. The molecule has 0 saturated carbocycles. The van der Waals surface area contributed by atoms with Crippen LogP contribution in [0.15, 0.2) is 30.3 Å². The van der Waals surface area contributed by atoms with Crippen molar-refractivity contribution in [3.05, 3.63) is 53.1 Å². The molecule has 0 aliphatic carbocycles. The highest BCUT2D eigenvalue weighted by Crippen LogP contribution is 2.36. The molecule has 0 aliphatic heterocycles. The van der Waals surface area contributed by atoms with Gasteiger partial charge in [-0.2, -0.15) is 13.2 Å². The smallest absolute Gasteiger partial charge is 0.392 e. The predicted molar refractivity (Wildman–Crippen MR) is 72.3 cm³/mol. The normalized spacial score (nSPS) is 11.6. The first-order valence-corrected chi connectivity index (χ1v) is 6.25. The number of rotatable bonds is 3. The van der Waals surface area contributed by atoms with Gasteiger partial charge in [0.05, 0.1) is 12.2 Å². The van der Waals surface area contributed by atoms with Gasteiger partial charge in [0.1, 0.15) is 0 Å². The fourth-order valence-corrected chi connectivity index (χ4v) is 2.08. The lowest BCUT2D eigenvalue weighted by molar-refractivity contribution is -0.137. The Morgan fingerprint density at radius 2 is 1.64 bits per heavy atom. The van der Waals surface area contributed by atoms with Crippen molar-refractivity contribution >= 4 is 5.69 Å². The summed E-state index contributed by atoms with van der Waals surface area (Å²) in [4.78, 5) is 0. The molecule has 2 nitrogen and oxygen atoms in total. The highest BCUT2D eigenvalue weighted by molar-refractivity contribution is 5.72. The largest absolute Gasteiger partial charge is 0.416 e. The first-order valence-electron chi connectivity index (χ1n) is 6.25. The zero-order valence-electron chi connectivity index (χ0n) is 11.4. The summed E-state index contributed by atoms with van der Waals surface area (Å²) >= 11 is 0. The molecule has 0 fully saturated rings. The lowest BCUT2D eigenvalue weighted by atomic mass is 9.97. The second-order valence-electron chi connectivity index (χ2n) is 4.63. The molecule has 0 heterocycles. The molecule has 0 bridgehead atoms. The number of halogens is 5. The van der Waals surface area contributed by atoms with Crippen molar-refractivity contribution in [3.8, 4) is 11.1 Å². The van der Waals surface area contributed by atoms with Crippen LogP contribution in [0.4, 0.5) is 27.6 Å². The second kappa shape index (κ2) is 5.92. The Balaban J connectivity index is 2.69. The van der Waals surface area contributed by atoms with Gasteiger partial charge < -0.3 is 10.4 Å².